The number of likely N-dealkylation sites (N-methyl/N-ethyl adjacent to an activating group) is 1. The van der Waals surface area contributed by atoms with Gasteiger partial charge in [0.05, 0.1) is 13.2 Å². The molecule has 0 saturated heterocycles. The Labute approximate surface area is 221 Å². The number of nitrogens with zero attached hydrogens (tertiary/aromatic N) is 1. The Morgan fingerprint density at radius 2 is 0.971 bits per heavy atom. The molecule has 0 spiro atoms. The van der Waals surface area contributed by atoms with Gasteiger partial charge in [-0.2, -0.15) is 0 Å². The van der Waals surface area contributed by atoms with Crippen molar-refractivity contribution in [2.75, 3.05) is 27.3 Å². The fraction of sp³-hybridized carbons (Fsp3) is 0.968. The third-order valence-electron chi connectivity index (χ3n) is 6.89. The lowest BCUT2D eigenvalue weighted by Crippen LogP contribution is -2.27. The zero-order valence-electron chi connectivity index (χ0n) is 24.8. The molecule has 1 unspecified atom stereocenters. The van der Waals surface area contributed by atoms with Crippen molar-refractivity contribution in [3.63, 3.8) is 0 Å². The van der Waals surface area contributed by atoms with Gasteiger partial charge < -0.3 is 14.7 Å². The van der Waals surface area contributed by atoms with Gasteiger partial charge in [-0.3, -0.25) is 4.79 Å². The van der Waals surface area contributed by atoms with E-state index in [1.165, 1.54) is 122 Å². The minimum atomic E-state index is 0.0202. The first kappa shape index (κ1) is 36.5. The molecule has 4 nitrogen and oxygen atoms in total. The molecule has 0 heterocycles. The van der Waals surface area contributed by atoms with Crippen LogP contribution in [0.1, 0.15) is 162 Å². The molecule has 0 amide bonds. The Kier molecular flexibility index (Phi) is 32.8. The van der Waals surface area contributed by atoms with Crippen LogP contribution in [0.25, 0.3) is 0 Å². The maximum absolute atomic E-state index is 11.7. The molecule has 0 aliphatic rings. The molecule has 0 aromatic heterocycles. The Balaban J connectivity index is 0. The monoisotopic (exact) mass is 499 g/mol. The number of carbonyl (C=O) groups excluding carboxylic acids is 1. The zero-order valence-corrected chi connectivity index (χ0v) is 24.8. The van der Waals surface area contributed by atoms with Gasteiger partial charge in [-0.1, -0.05) is 136 Å². The molecule has 4 heteroatoms. The van der Waals surface area contributed by atoms with Crippen LogP contribution in [0.5, 0.6) is 0 Å². The first-order chi connectivity index (χ1) is 17.0. The van der Waals surface area contributed by atoms with Gasteiger partial charge >= 0.3 is 5.97 Å². The Morgan fingerprint density at radius 1 is 0.629 bits per heavy atom. The number of unbranched alkanes of at least 4 members (excludes halogenated alkanes) is 19. The van der Waals surface area contributed by atoms with Crippen LogP contribution in [0, 0.1) is 0 Å². The number of aliphatic hydroxyl groups excluding tert-OH is 1. The predicted molar refractivity (Wildman–Crippen MR) is 154 cm³/mol. The van der Waals surface area contributed by atoms with Crippen molar-refractivity contribution in [3.8, 4) is 0 Å². The molecule has 0 bridgehead atoms. The molecule has 0 aromatic carbocycles. The summed E-state index contributed by atoms with van der Waals surface area (Å²) in [4.78, 5) is 13.7. The minimum Gasteiger partial charge on any atom is -0.466 e. The molecular weight excluding hydrogens is 434 g/mol. The van der Waals surface area contributed by atoms with E-state index in [0.29, 0.717) is 19.1 Å². The van der Waals surface area contributed by atoms with E-state index in [1.54, 1.807) is 0 Å². The molecule has 0 radical (unpaired) electrons. The topological polar surface area (TPSA) is 49.8 Å². The number of hydrogen-bond donors (Lipinski definition) is 1. The highest BCUT2D eigenvalue weighted by molar-refractivity contribution is 5.69. The van der Waals surface area contributed by atoms with Gasteiger partial charge in [-0.15, -0.1) is 0 Å². The highest BCUT2D eigenvalue weighted by Gasteiger charge is 2.02. The standard InChI is InChI=1S/C26H52O2.C5H13NO/c1-3-5-7-9-11-13-15-16-18-20-22-24-26(27)28-25-23-21-19-17-14-12-10-8-6-4-2;1-5(4-7)6(2)3/h3-25H2,1-2H3;5,7H,4H2,1-3H3. The molecule has 0 fully saturated rings. The van der Waals surface area contributed by atoms with Crippen molar-refractivity contribution in [2.45, 2.75) is 168 Å². The summed E-state index contributed by atoms with van der Waals surface area (Å²) in [5.41, 5.74) is 0. The SMILES string of the molecule is CC(CO)N(C)C.CCCCCCCCCCCCCC(=O)OCCCCCCCCCCCC. The second kappa shape index (κ2) is 31.4. The molecule has 212 valence electrons. The van der Waals surface area contributed by atoms with Crippen LogP contribution in [-0.2, 0) is 9.53 Å². The van der Waals surface area contributed by atoms with Crippen LogP contribution < -0.4 is 0 Å². The quantitative estimate of drug-likeness (QED) is 0.100. The maximum atomic E-state index is 11.7. The molecule has 0 aliphatic carbocycles. The van der Waals surface area contributed by atoms with E-state index < -0.39 is 0 Å². The fourth-order valence-electron chi connectivity index (χ4n) is 3.94. The Bertz CT molecular complexity index is 373. The molecule has 0 saturated carbocycles. The summed E-state index contributed by atoms with van der Waals surface area (Å²) >= 11 is 0. The third kappa shape index (κ3) is 33.4. The third-order valence-corrected chi connectivity index (χ3v) is 6.89. The summed E-state index contributed by atoms with van der Waals surface area (Å²) in [5.74, 6) is 0.0202. The van der Waals surface area contributed by atoms with Crippen LogP contribution in [0.2, 0.25) is 0 Å². The second-order valence-corrected chi connectivity index (χ2v) is 10.7. The van der Waals surface area contributed by atoms with Crippen LogP contribution in [0.3, 0.4) is 0 Å². The number of carbonyl (C=O) groups is 1. The van der Waals surface area contributed by atoms with E-state index in [2.05, 4.69) is 13.8 Å². The molecule has 0 aliphatic heterocycles. The first-order valence-electron chi connectivity index (χ1n) is 15.4. The van der Waals surface area contributed by atoms with Gasteiger partial charge in [-0.25, -0.2) is 0 Å². The number of aliphatic hydroxyl groups is 1. The average Bonchev–Trinajstić information content (AvgIpc) is 2.85. The molecular formula is C31H65NO3. The van der Waals surface area contributed by atoms with Gasteiger partial charge in [0.2, 0.25) is 0 Å². The Hall–Kier alpha value is -0.610. The van der Waals surface area contributed by atoms with Crippen molar-refractivity contribution >= 4 is 5.97 Å². The lowest BCUT2D eigenvalue weighted by atomic mass is 10.1. The molecule has 0 aromatic rings. The summed E-state index contributed by atoms with van der Waals surface area (Å²) in [5, 5.41) is 8.46. The summed E-state index contributed by atoms with van der Waals surface area (Å²) in [6.07, 6.45) is 28.4. The molecule has 1 N–H and O–H groups in total. The lowest BCUT2D eigenvalue weighted by Gasteiger charge is -2.15. The largest absolute Gasteiger partial charge is 0.466 e. The van der Waals surface area contributed by atoms with Crippen molar-refractivity contribution in [1.82, 2.24) is 4.90 Å². The van der Waals surface area contributed by atoms with Crippen molar-refractivity contribution < 1.29 is 14.6 Å². The smallest absolute Gasteiger partial charge is 0.305 e. The average molecular weight is 500 g/mol. The number of rotatable bonds is 25. The number of hydrogen-bond acceptors (Lipinski definition) is 4. The Morgan fingerprint density at radius 3 is 1.29 bits per heavy atom. The lowest BCUT2D eigenvalue weighted by molar-refractivity contribution is -0.143. The predicted octanol–water partition coefficient (Wildman–Crippen LogP) is 9.08. The van der Waals surface area contributed by atoms with Crippen LogP contribution in [0.4, 0.5) is 0 Å². The van der Waals surface area contributed by atoms with Crippen molar-refractivity contribution in [3.05, 3.63) is 0 Å². The van der Waals surface area contributed by atoms with Gasteiger partial charge in [0.1, 0.15) is 0 Å². The minimum absolute atomic E-state index is 0.0202. The van der Waals surface area contributed by atoms with Crippen LogP contribution in [0.15, 0.2) is 0 Å². The van der Waals surface area contributed by atoms with Gasteiger partial charge in [0.15, 0.2) is 0 Å². The van der Waals surface area contributed by atoms with E-state index in [-0.39, 0.29) is 12.6 Å². The molecule has 0 rings (SSSR count). The highest BCUT2D eigenvalue weighted by atomic mass is 16.5. The van der Waals surface area contributed by atoms with Gasteiger partial charge in [0, 0.05) is 12.5 Å². The molecule has 1 atom stereocenters. The van der Waals surface area contributed by atoms with Crippen LogP contribution in [-0.4, -0.2) is 49.3 Å². The van der Waals surface area contributed by atoms with Gasteiger partial charge in [0.25, 0.3) is 0 Å². The summed E-state index contributed by atoms with van der Waals surface area (Å²) in [6, 6.07) is 0.292. The zero-order chi connectivity index (χ0) is 26.4. The van der Waals surface area contributed by atoms with Crippen molar-refractivity contribution in [1.29, 1.82) is 0 Å². The molecule has 35 heavy (non-hydrogen) atoms. The number of ether oxygens (including phenoxy) is 1. The van der Waals surface area contributed by atoms with E-state index in [4.69, 9.17) is 9.84 Å². The van der Waals surface area contributed by atoms with E-state index in [1.807, 2.05) is 25.9 Å². The summed E-state index contributed by atoms with van der Waals surface area (Å²) < 4.78 is 5.37. The van der Waals surface area contributed by atoms with E-state index in [0.717, 1.165) is 12.8 Å². The highest BCUT2D eigenvalue weighted by Crippen LogP contribution is 2.13. The first-order valence-corrected chi connectivity index (χ1v) is 15.4. The van der Waals surface area contributed by atoms with Gasteiger partial charge in [-0.05, 0) is 33.9 Å². The summed E-state index contributed by atoms with van der Waals surface area (Å²) in [6.45, 7) is 7.39. The normalized spacial score (nSPS) is 11.9. The van der Waals surface area contributed by atoms with E-state index >= 15 is 0 Å². The van der Waals surface area contributed by atoms with Crippen LogP contribution >= 0.6 is 0 Å². The van der Waals surface area contributed by atoms with E-state index in [9.17, 15) is 4.79 Å². The number of esters is 1. The fourth-order valence-corrected chi connectivity index (χ4v) is 3.94. The summed E-state index contributed by atoms with van der Waals surface area (Å²) in [7, 11) is 3.89. The maximum Gasteiger partial charge on any atom is 0.305 e. The van der Waals surface area contributed by atoms with Crippen molar-refractivity contribution in [2.24, 2.45) is 0 Å². The second-order valence-electron chi connectivity index (χ2n) is 10.7.